The Labute approximate surface area is 153 Å². The zero-order valence-electron chi connectivity index (χ0n) is 15.0. The summed E-state index contributed by atoms with van der Waals surface area (Å²) >= 11 is 0. The zero-order chi connectivity index (χ0) is 18.7. The Balaban J connectivity index is 2.07. The summed E-state index contributed by atoms with van der Waals surface area (Å²) in [5.41, 5.74) is 1.70. The number of anilines is 2. The van der Waals surface area contributed by atoms with Crippen molar-refractivity contribution in [1.29, 1.82) is 4.78 Å². The van der Waals surface area contributed by atoms with Crippen LogP contribution >= 0.6 is 0 Å². The molecular weight excluding hydrogens is 350 g/mol. The highest BCUT2D eigenvalue weighted by Crippen LogP contribution is 2.34. The molecule has 1 atom stereocenters. The zero-order valence-corrected chi connectivity index (χ0v) is 15.8. The number of amides is 1. The smallest absolute Gasteiger partial charge is 0.233 e. The molecule has 8 heteroatoms. The van der Waals surface area contributed by atoms with Crippen LogP contribution in [0.2, 0.25) is 0 Å². The number of hydrogen-bond acceptors (Lipinski definition) is 6. The maximum absolute atomic E-state index is 12.7. The van der Waals surface area contributed by atoms with Crippen LogP contribution in [-0.4, -0.2) is 32.4 Å². The average Bonchev–Trinajstić information content (AvgIpc) is 2.92. The van der Waals surface area contributed by atoms with E-state index in [-0.39, 0.29) is 23.2 Å². The van der Waals surface area contributed by atoms with Crippen LogP contribution in [0.3, 0.4) is 0 Å². The summed E-state index contributed by atoms with van der Waals surface area (Å²) in [5, 5.41) is 3.13. The first-order chi connectivity index (χ1) is 12.5. The number of nitrogens with one attached hydrogen (secondary N) is 2. The largest absolute Gasteiger partial charge is 0.370 e. The highest BCUT2D eigenvalue weighted by Gasteiger charge is 2.33. The second-order valence-electron chi connectivity index (χ2n) is 6.21. The fraction of sp³-hybridized carbons (Fsp3) is 0.389. The van der Waals surface area contributed by atoms with E-state index in [1.165, 1.54) is 0 Å². The lowest BCUT2D eigenvalue weighted by atomic mass is 10.2. The van der Waals surface area contributed by atoms with E-state index in [9.17, 15) is 9.00 Å². The van der Waals surface area contributed by atoms with Crippen molar-refractivity contribution in [1.82, 2.24) is 9.97 Å². The van der Waals surface area contributed by atoms with Gasteiger partial charge in [-0.3, -0.25) is 9.69 Å². The maximum atomic E-state index is 12.7. The van der Waals surface area contributed by atoms with Gasteiger partial charge in [0.25, 0.3) is 0 Å². The Morgan fingerprint density at radius 1 is 1.23 bits per heavy atom. The van der Waals surface area contributed by atoms with Gasteiger partial charge in [-0.2, -0.15) is 0 Å². The van der Waals surface area contributed by atoms with E-state index in [2.05, 4.69) is 15.3 Å². The fourth-order valence-corrected chi connectivity index (χ4v) is 4.20. The van der Waals surface area contributed by atoms with Gasteiger partial charge >= 0.3 is 0 Å². The quantitative estimate of drug-likeness (QED) is 0.727. The molecule has 0 aliphatic carbocycles. The van der Waals surface area contributed by atoms with E-state index in [1.54, 1.807) is 4.90 Å². The summed E-state index contributed by atoms with van der Waals surface area (Å²) in [6, 6.07) is 9.66. The Kier molecular flexibility index (Phi) is 5.22. The Morgan fingerprint density at radius 2 is 1.96 bits per heavy atom. The minimum Gasteiger partial charge on any atom is -0.370 e. The van der Waals surface area contributed by atoms with Gasteiger partial charge in [-0.05, 0) is 18.9 Å². The van der Waals surface area contributed by atoms with Crippen molar-refractivity contribution in [2.45, 2.75) is 38.4 Å². The monoisotopic (exact) mass is 373 g/mol. The first-order valence-electron chi connectivity index (χ1n) is 8.71. The number of carbonyl (C=O) groups is 1. The van der Waals surface area contributed by atoms with Crippen LogP contribution in [0, 0.1) is 4.78 Å². The third-order valence-corrected chi connectivity index (χ3v) is 5.92. The normalized spacial score (nSPS) is 15.6. The Morgan fingerprint density at radius 3 is 2.62 bits per heavy atom. The Hall–Kier alpha value is -2.48. The molecule has 1 aromatic carbocycles. The Bertz CT molecular complexity index is 913. The van der Waals surface area contributed by atoms with Crippen molar-refractivity contribution < 1.29 is 9.00 Å². The van der Waals surface area contributed by atoms with Crippen LogP contribution in [0.4, 0.5) is 11.6 Å². The third kappa shape index (κ3) is 3.55. The molecule has 0 saturated heterocycles. The average molecular weight is 373 g/mol. The summed E-state index contributed by atoms with van der Waals surface area (Å²) in [4.78, 5) is 22.9. The number of carbonyl (C=O) groups excluding carboxylic acids is 1. The lowest BCUT2D eigenvalue weighted by Crippen LogP contribution is -2.27. The molecule has 2 heterocycles. The minimum atomic E-state index is -3.09. The van der Waals surface area contributed by atoms with E-state index in [0.29, 0.717) is 36.7 Å². The summed E-state index contributed by atoms with van der Waals surface area (Å²) < 4.78 is 20.9. The van der Waals surface area contributed by atoms with Gasteiger partial charge in [-0.1, -0.05) is 37.3 Å². The predicted molar refractivity (Wildman–Crippen MR) is 102 cm³/mol. The van der Waals surface area contributed by atoms with Crippen LogP contribution < -0.4 is 10.2 Å². The summed E-state index contributed by atoms with van der Waals surface area (Å²) in [7, 11) is -3.09. The molecule has 1 amide bonds. The van der Waals surface area contributed by atoms with E-state index in [4.69, 9.17) is 4.78 Å². The minimum absolute atomic E-state index is 0.00168. The van der Waals surface area contributed by atoms with E-state index >= 15 is 0 Å². The van der Waals surface area contributed by atoms with Crippen molar-refractivity contribution in [2.75, 3.05) is 22.5 Å². The van der Waals surface area contributed by atoms with Gasteiger partial charge in [0.05, 0.1) is 13.0 Å². The molecular formula is C18H23N5O2S. The number of rotatable bonds is 7. The lowest BCUT2D eigenvalue weighted by molar-refractivity contribution is -0.117. The molecule has 1 aliphatic rings. The molecule has 1 aliphatic heterocycles. The van der Waals surface area contributed by atoms with Crippen LogP contribution in [-0.2, 0) is 27.5 Å². The topological polar surface area (TPSA) is 99.0 Å². The highest BCUT2D eigenvalue weighted by atomic mass is 32.2. The van der Waals surface area contributed by atoms with Crippen molar-refractivity contribution >= 4 is 27.3 Å². The molecule has 138 valence electrons. The molecule has 0 spiro atoms. The van der Waals surface area contributed by atoms with Gasteiger partial charge in [0.2, 0.25) is 11.1 Å². The molecule has 26 heavy (non-hydrogen) atoms. The van der Waals surface area contributed by atoms with Gasteiger partial charge in [-0.15, -0.1) is 0 Å². The van der Waals surface area contributed by atoms with Gasteiger partial charge in [0, 0.05) is 17.9 Å². The molecule has 0 fully saturated rings. The SMILES string of the molecule is CCCS(=N)(=O)c1nc(NCC)c2c(n1)N(Cc1ccccc1)C(=O)C2. The standard InChI is InChI=1S/C18H23N5O2S/c1-3-10-26(19,25)18-21-16(20-4-2)14-11-15(24)23(17(14)22-18)12-13-8-6-5-7-9-13/h5-9,19H,3-4,10-12H2,1-2H3,(H,20,21,22). The van der Waals surface area contributed by atoms with Crippen molar-refractivity contribution in [3.8, 4) is 0 Å². The predicted octanol–water partition coefficient (Wildman–Crippen LogP) is 2.81. The van der Waals surface area contributed by atoms with Crippen LogP contribution in [0.25, 0.3) is 0 Å². The lowest BCUT2D eigenvalue weighted by Gasteiger charge is -2.18. The molecule has 1 unspecified atom stereocenters. The van der Waals surface area contributed by atoms with Gasteiger partial charge in [0.15, 0.2) is 0 Å². The molecule has 1 aromatic heterocycles. The fourth-order valence-electron chi connectivity index (χ4n) is 2.97. The second kappa shape index (κ2) is 7.41. The van der Waals surface area contributed by atoms with Gasteiger partial charge in [-0.25, -0.2) is 19.0 Å². The van der Waals surface area contributed by atoms with Crippen LogP contribution in [0.1, 0.15) is 31.4 Å². The molecule has 2 N–H and O–H groups in total. The second-order valence-corrected chi connectivity index (χ2v) is 8.33. The molecule has 0 saturated carbocycles. The summed E-state index contributed by atoms with van der Waals surface area (Å²) in [6.45, 7) is 4.80. The van der Waals surface area contributed by atoms with Crippen molar-refractivity contribution in [3.63, 3.8) is 0 Å². The molecule has 0 radical (unpaired) electrons. The number of benzene rings is 1. The summed E-state index contributed by atoms with van der Waals surface area (Å²) in [5.74, 6) is 1.11. The number of nitrogens with zero attached hydrogens (tertiary/aromatic N) is 3. The van der Waals surface area contributed by atoms with Gasteiger partial charge in [0.1, 0.15) is 21.4 Å². The maximum Gasteiger partial charge on any atom is 0.233 e. The van der Waals surface area contributed by atoms with Gasteiger partial charge < -0.3 is 5.32 Å². The molecule has 7 nitrogen and oxygen atoms in total. The highest BCUT2D eigenvalue weighted by molar-refractivity contribution is 7.92. The number of aromatic nitrogens is 2. The first-order valence-corrected chi connectivity index (χ1v) is 10.4. The number of hydrogen-bond donors (Lipinski definition) is 2. The van der Waals surface area contributed by atoms with Crippen molar-refractivity contribution in [3.05, 3.63) is 41.5 Å². The first kappa shape index (κ1) is 18.3. The summed E-state index contributed by atoms with van der Waals surface area (Å²) in [6.07, 6.45) is 0.809. The third-order valence-electron chi connectivity index (χ3n) is 4.16. The van der Waals surface area contributed by atoms with E-state index < -0.39 is 9.73 Å². The molecule has 2 aromatic rings. The van der Waals surface area contributed by atoms with Crippen LogP contribution in [0.5, 0.6) is 0 Å². The molecule has 3 rings (SSSR count). The van der Waals surface area contributed by atoms with E-state index in [1.807, 2.05) is 44.2 Å². The van der Waals surface area contributed by atoms with E-state index in [0.717, 1.165) is 5.56 Å². The molecule has 0 bridgehead atoms. The van der Waals surface area contributed by atoms with Crippen LogP contribution in [0.15, 0.2) is 35.5 Å². The van der Waals surface area contributed by atoms with Crippen molar-refractivity contribution in [2.24, 2.45) is 0 Å². The number of fused-ring (bicyclic) bond motifs is 1.